The number of hydrogen-bond donors (Lipinski definition) is 1. The minimum absolute atomic E-state index is 0.0224. The van der Waals surface area contributed by atoms with E-state index in [4.69, 9.17) is 8.22 Å². The fraction of sp³-hybridized carbons (Fsp3) is 0. The highest BCUT2D eigenvalue weighted by atomic mass is 16.3. The number of fused-ring (bicyclic) bond motifs is 3. The van der Waals surface area contributed by atoms with E-state index in [1.807, 2.05) is 66.7 Å². The third kappa shape index (κ3) is 3.56. The van der Waals surface area contributed by atoms with Crippen LogP contribution in [-0.4, -0.2) is 5.11 Å². The predicted octanol–water partition coefficient (Wildman–Crippen LogP) is 9.85. The van der Waals surface area contributed by atoms with Crippen molar-refractivity contribution in [2.75, 3.05) is 0 Å². The highest BCUT2D eigenvalue weighted by Gasteiger charge is 2.17. The van der Waals surface area contributed by atoms with Crippen molar-refractivity contribution in [2.24, 2.45) is 0 Å². The van der Waals surface area contributed by atoms with Crippen LogP contribution in [0.1, 0.15) is 8.22 Å². The molecule has 7 rings (SSSR count). The Balaban J connectivity index is 1.69. The van der Waals surface area contributed by atoms with Crippen LogP contribution in [0, 0.1) is 0 Å². The van der Waals surface area contributed by atoms with Crippen LogP contribution in [0.5, 0.6) is 5.75 Å². The summed E-state index contributed by atoms with van der Waals surface area (Å²) in [6.07, 6.45) is 0. The molecule has 0 amide bonds. The van der Waals surface area contributed by atoms with Gasteiger partial charge in [0.2, 0.25) is 0 Å². The third-order valence-corrected chi connectivity index (χ3v) is 6.86. The highest BCUT2D eigenvalue weighted by molar-refractivity contribution is 6.22. The van der Waals surface area contributed by atoms with E-state index < -0.39 is 36.0 Å². The Hall–Kier alpha value is -4.88. The Bertz CT molecular complexity index is 2240. The molecule has 0 aliphatic rings. The van der Waals surface area contributed by atoms with E-state index in [0.717, 1.165) is 43.8 Å². The van der Waals surface area contributed by atoms with Crippen molar-refractivity contribution in [3.63, 3.8) is 0 Å². The summed E-state index contributed by atoms with van der Waals surface area (Å²) in [5.74, 6) is -0.682. The summed E-state index contributed by atoms with van der Waals surface area (Å²) in [6, 6.07) is 31.7. The Labute approximate surface area is 224 Å². The van der Waals surface area contributed by atoms with Gasteiger partial charge < -0.3 is 5.11 Å². The molecule has 37 heavy (non-hydrogen) atoms. The average molecular weight is 479 g/mol. The zero-order valence-corrected chi connectivity index (χ0v) is 19.8. The van der Waals surface area contributed by atoms with Crippen LogP contribution in [0.25, 0.3) is 65.7 Å². The molecular formula is C36H24O. The molecule has 0 radical (unpaired) electrons. The first-order valence-electron chi connectivity index (χ1n) is 15.1. The van der Waals surface area contributed by atoms with Crippen LogP contribution < -0.4 is 0 Å². The molecule has 174 valence electrons. The molecule has 0 aliphatic heterocycles. The van der Waals surface area contributed by atoms with Gasteiger partial charge in [-0.3, -0.25) is 0 Å². The summed E-state index contributed by atoms with van der Waals surface area (Å²) < 4.78 is 51.3. The minimum atomic E-state index is -0.682. The van der Waals surface area contributed by atoms with Gasteiger partial charge in [-0.2, -0.15) is 0 Å². The largest absolute Gasteiger partial charge is 0.508 e. The van der Waals surface area contributed by atoms with Gasteiger partial charge in [0.25, 0.3) is 0 Å². The van der Waals surface area contributed by atoms with Crippen LogP contribution in [0.3, 0.4) is 0 Å². The average Bonchev–Trinajstić information content (AvgIpc) is 3.04. The molecule has 0 aromatic heterocycles. The van der Waals surface area contributed by atoms with Gasteiger partial charge in [-0.15, -0.1) is 0 Å². The summed E-state index contributed by atoms with van der Waals surface area (Å²) in [7, 11) is 0. The van der Waals surface area contributed by atoms with E-state index in [0.29, 0.717) is 5.56 Å². The maximum atomic E-state index is 10.6. The zero-order valence-electron chi connectivity index (χ0n) is 25.8. The minimum Gasteiger partial charge on any atom is -0.508 e. The molecule has 0 spiro atoms. The first kappa shape index (κ1) is 16.0. The summed E-state index contributed by atoms with van der Waals surface area (Å²) in [5.41, 5.74) is 4.81. The lowest BCUT2D eigenvalue weighted by atomic mass is 9.84. The van der Waals surface area contributed by atoms with Gasteiger partial charge in [0, 0.05) is 0 Å². The van der Waals surface area contributed by atoms with Crippen molar-refractivity contribution in [3.05, 3.63) is 139 Å². The Morgan fingerprint density at radius 1 is 0.486 bits per heavy atom. The number of phenolic OH excluding ortho intramolecular Hbond substituents is 1. The fourth-order valence-corrected chi connectivity index (χ4v) is 5.28. The van der Waals surface area contributed by atoms with Gasteiger partial charge in [-0.25, -0.2) is 0 Å². The molecule has 0 saturated heterocycles. The van der Waals surface area contributed by atoms with E-state index in [1.165, 1.54) is 0 Å². The third-order valence-electron chi connectivity index (χ3n) is 6.86. The lowest BCUT2D eigenvalue weighted by Crippen LogP contribution is -1.91. The van der Waals surface area contributed by atoms with E-state index in [2.05, 4.69) is 36.4 Å². The SMILES string of the molecule is [2H]c1c([2H])c(-c2ccc3c(-c4ccccc4)c4ccccc4c(-c4ccccc4)c3c2)c2c([2H])c(O)c([2H])c([2H])c2c1[2H]. The maximum Gasteiger partial charge on any atom is 0.116 e. The molecule has 1 heteroatoms. The predicted molar refractivity (Wildman–Crippen MR) is 157 cm³/mol. The topological polar surface area (TPSA) is 20.2 Å². The number of benzene rings is 7. The molecule has 0 fully saturated rings. The quantitative estimate of drug-likeness (QED) is 0.251. The van der Waals surface area contributed by atoms with Gasteiger partial charge >= 0.3 is 0 Å². The van der Waals surface area contributed by atoms with Crippen LogP contribution in [0.15, 0.2) is 139 Å². The smallest absolute Gasteiger partial charge is 0.116 e. The molecule has 1 N–H and O–H groups in total. The van der Waals surface area contributed by atoms with Gasteiger partial charge in [-0.05, 0) is 83.8 Å². The maximum absolute atomic E-state index is 10.6. The van der Waals surface area contributed by atoms with Crippen molar-refractivity contribution in [3.8, 4) is 39.1 Å². The molecule has 0 bridgehead atoms. The van der Waals surface area contributed by atoms with Crippen molar-refractivity contribution >= 4 is 32.3 Å². The lowest BCUT2D eigenvalue weighted by molar-refractivity contribution is 0.476. The van der Waals surface area contributed by atoms with Gasteiger partial charge in [0.05, 0.1) is 8.22 Å². The van der Waals surface area contributed by atoms with Gasteiger partial charge in [0.15, 0.2) is 0 Å². The van der Waals surface area contributed by atoms with Crippen molar-refractivity contribution < 1.29 is 13.3 Å². The van der Waals surface area contributed by atoms with Crippen molar-refractivity contribution in [2.45, 2.75) is 0 Å². The second kappa shape index (κ2) is 8.65. The second-order valence-electron chi connectivity index (χ2n) is 9.01. The van der Waals surface area contributed by atoms with Crippen LogP contribution in [0.4, 0.5) is 0 Å². The van der Waals surface area contributed by atoms with Crippen LogP contribution in [0.2, 0.25) is 0 Å². The zero-order chi connectivity index (χ0) is 30.0. The number of aromatic hydroxyl groups is 1. The van der Waals surface area contributed by atoms with Crippen molar-refractivity contribution in [1.29, 1.82) is 0 Å². The lowest BCUT2D eigenvalue weighted by Gasteiger charge is -2.19. The van der Waals surface area contributed by atoms with Crippen LogP contribution in [-0.2, 0) is 0 Å². The number of rotatable bonds is 3. The monoisotopic (exact) mass is 478 g/mol. The van der Waals surface area contributed by atoms with E-state index >= 15 is 0 Å². The summed E-state index contributed by atoms with van der Waals surface area (Å²) in [4.78, 5) is 0. The normalized spacial score (nSPS) is 13.6. The molecule has 0 saturated carbocycles. The summed E-state index contributed by atoms with van der Waals surface area (Å²) in [5, 5.41) is 14.5. The van der Waals surface area contributed by atoms with Gasteiger partial charge in [-0.1, -0.05) is 121 Å². The Kier molecular flexibility index (Phi) is 3.74. The van der Waals surface area contributed by atoms with E-state index in [9.17, 15) is 5.11 Å². The molecule has 0 aliphatic carbocycles. The summed E-state index contributed by atoms with van der Waals surface area (Å²) in [6.45, 7) is 0. The molecule has 0 unspecified atom stereocenters. The fourth-order valence-electron chi connectivity index (χ4n) is 5.28. The molecule has 0 heterocycles. The van der Waals surface area contributed by atoms with Gasteiger partial charge in [0.1, 0.15) is 5.75 Å². The first-order valence-corrected chi connectivity index (χ1v) is 12.1. The molecule has 0 atom stereocenters. The molecule has 7 aromatic carbocycles. The van der Waals surface area contributed by atoms with Crippen LogP contribution >= 0.6 is 0 Å². The Morgan fingerprint density at radius 3 is 1.76 bits per heavy atom. The number of phenols is 1. The second-order valence-corrected chi connectivity index (χ2v) is 9.01. The van der Waals surface area contributed by atoms with E-state index in [1.54, 1.807) is 0 Å². The summed E-state index contributed by atoms with van der Waals surface area (Å²) >= 11 is 0. The highest BCUT2D eigenvalue weighted by Crippen LogP contribution is 2.45. The molecule has 7 aromatic rings. The van der Waals surface area contributed by atoms with E-state index in [-0.39, 0.29) is 22.4 Å². The standard InChI is InChI=1S/C36H24O/c37-28-20-18-24-14-9-17-29(33(24)23-28)27-19-21-32-34(22-27)36(26-12-5-2-6-13-26)31-16-8-7-15-30(31)35(32)25-10-3-1-4-11-25/h1-23,37H/i9D,14D,17D,18D,20D,23D. The molecular weight excluding hydrogens is 448 g/mol. The van der Waals surface area contributed by atoms with Crippen molar-refractivity contribution in [1.82, 2.24) is 0 Å². The molecule has 1 nitrogen and oxygen atoms in total. The Morgan fingerprint density at radius 2 is 1.08 bits per heavy atom. The first-order chi connectivity index (χ1) is 20.8. The number of hydrogen-bond acceptors (Lipinski definition) is 1.